The molecular formula is C21H42O3. The van der Waals surface area contributed by atoms with Crippen LogP contribution in [0.15, 0.2) is 0 Å². The van der Waals surface area contributed by atoms with Crippen molar-refractivity contribution in [3.63, 3.8) is 0 Å². The van der Waals surface area contributed by atoms with Gasteiger partial charge in [-0.1, -0.05) is 39.5 Å². The third kappa shape index (κ3) is 11.9. The molecule has 0 fully saturated rings. The molecule has 0 heterocycles. The Labute approximate surface area is 150 Å². The van der Waals surface area contributed by atoms with E-state index in [0.29, 0.717) is 18.6 Å². The molecule has 2 atom stereocenters. The monoisotopic (exact) mass is 342 g/mol. The van der Waals surface area contributed by atoms with Crippen molar-refractivity contribution < 1.29 is 14.3 Å². The molecule has 0 saturated carbocycles. The van der Waals surface area contributed by atoms with Gasteiger partial charge in [-0.15, -0.1) is 0 Å². The molecule has 0 saturated heterocycles. The Hall–Kier alpha value is -0.570. The van der Waals surface area contributed by atoms with Gasteiger partial charge >= 0.3 is 5.97 Å². The summed E-state index contributed by atoms with van der Waals surface area (Å²) in [6.45, 7) is 17.0. The second-order valence-electron chi connectivity index (χ2n) is 9.02. The van der Waals surface area contributed by atoms with Crippen LogP contribution in [0, 0.1) is 11.3 Å². The van der Waals surface area contributed by atoms with Crippen LogP contribution in [0.2, 0.25) is 0 Å². The number of ether oxygens (including phenoxy) is 2. The Morgan fingerprint density at radius 3 is 1.92 bits per heavy atom. The number of rotatable bonds is 11. The van der Waals surface area contributed by atoms with Crippen molar-refractivity contribution in [1.82, 2.24) is 0 Å². The van der Waals surface area contributed by atoms with Crippen molar-refractivity contribution in [2.45, 2.75) is 112 Å². The fraction of sp³-hybridized carbons (Fsp3) is 0.952. The SMILES string of the molecule is CCC(CCCCCC(CC)OC(C)(C)C)COC(=O)C(C)(C)C. The van der Waals surface area contributed by atoms with Crippen LogP contribution in [-0.2, 0) is 14.3 Å². The van der Waals surface area contributed by atoms with Crippen molar-refractivity contribution in [3.8, 4) is 0 Å². The summed E-state index contributed by atoms with van der Waals surface area (Å²) < 4.78 is 11.5. The molecule has 0 amide bonds. The lowest BCUT2D eigenvalue weighted by Gasteiger charge is -2.27. The van der Waals surface area contributed by atoms with E-state index in [1.165, 1.54) is 19.3 Å². The number of hydrogen-bond acceptors (Lipinski definition) is 3. The average molecular weight is 343 g/mol. The van der Waals surface area contributed by atoms with Gasteiger partial charge in [-0.3, -0.25) is 4.79 Å². The minimum Gasteiger partial charge on any atom is -0.465 e. The average Bonchev–Trinajstić information content (AvgIpc) is 2.46. The predicted octanol–water partition coefficient (Wildman–Crippen LogP) is 6.15. The minimum absolute atomic E-state index is 0.0507. The molecule has 0 aromatic rings. The van der Waals surface area contributed by atoms with E-state index in [4.69, 9.17) is 9.47 Å². The van der Waals surface area contributed by atoms with E-state index in [-0.39, 0.29) is 11.6 Å². The first-order valence-electron chi connectivity index (χ1n) is 9.84. The van der Waals surface area contributed by atoms with Crippen LogP contribution in [0.1, 0.15) is 100 Å². The van der Waals surface area contributed by atoms with Gasteiger partial charge in [0.05, 0.1) is 23.7 Å². The van der Waals surface area contributed by atoms with Crippen LogP contribution in [0.5, 0.6) is 0 Å². The fourth-order valence-corrected chi connectivity index (χ4v) is 2.64. The molecule has 24 heavy (non-hydrogen) atoms. The molecule has 0 radical (unpaired) electrons. The highest BCUT2D eigenvalue weighted by molar-refractivity contribution is 5.75. The lowest BCUT2D eigenvalue weighted by molar-refractivity contribution is -0.154. The van der Waals surface area contributed by atoms with Crippen molar-refractivity contribution in [2.24, 2.45) is 11.3 Å². The summed E-state index contributed by atoms with van der Waals surface area (Å²) in [6.07, 6.45) is 8.46. The van der Waals surface area contributed by atoms with E-state index in [1.807, 2.05) is 20.8 Å². The second-order valence-corrected chi connectivity index (χ2v) is 9.02. The number of unbranched alkanes of at least 4 members (excludes halogenated alkanes) is 2. The van der Waals surface area contributed by atoms with Gasteiger partial charge in [0, 0.05) is 0 Å². The first-order chi connectivity index (χ1) is 11.0. The summed E-state index contributed by atoms with van der Waals surface area (Å²) in [5.41, 5.74) is -0.453. The van der Waals surface area contributed by atoms with Gasteiger partial charge in [0.25, 0.3) is 0 Å². The molecule has 0 spiro atoms. The molecule has 0 N–H and O–H groups in total. The standard InChI is InChI=1S/C21H42O3/c1-9-17(16-23-19(22)20(3,4)5)14-12-11-13-15-18(10-2)24-21(6,7)8/h17-18H,9-16H2,1-8H3. The normalized spacial score (nSPS) is 15.2. The summed E-state index contributed by atoms with van der Waals surface area (Å²) in [4.78, 5) is 11.8. The number of carbonyl (C=O) groups excluding carboxylic acids is 1. The molecule has 0 aliphatic carbocycles. The molecule has 0 aliphatic rings. The zero-order valence-corrected chi connectivity index (χ0v) is 17.5. The maximum Gasteiger partial charge on any atom is 0.311 e. The van der Waals surface area contributed by atoms with Gasteiger partial charge < -0.3 is 9.47 Å². The van der Waals surface area contributed by atoms with Crippen molar-refractivity contribution >= 4 is 5.97 Å². The van der Waals surface area contributed by atoms with E-state index in [2.05, 4.69) is 34.6 Å². The second kappa shape index (κ2) is 11.1. The maximum atomic E-state index is 11.8. The van der Waals surface area contributed by atoms with Gasteiger partial charge in [-0.2, -0.15) is 0 Å². The largest absolute Gasteiger partial charge is 0.465 e. The summed E-state index contributed by atoms with van der Waals surface area (Å²) in [5.74, 6) is 0.398. The topological polar surface area (TPSA) is 35.5 Å². The first-order valence-corrected chi connectivity index (χ1v) is 9.84. The Morgan fingerprint density at radius 2 is 1.46 bits per heavy atom. The lowest BCUT2D eigenvalue weighted by Crippen LogP contribution is -2.27. The van der Waals surface area contributed by atoms with E-state index in [9.17, 15) is 4.79 Å². The Kier molecular flexibility index (Phi) is 10.9. The van der Waals surface area contributed by atoms with Crippen molar-refractivity contribution in [3.05, 3.63) is 0 Å². The Morgan fingerprint density at radius 1 is 0.875 bits per heavy atom. The molecule has 0 aromatic carbocycles. The van der Waals surface area contributed by atoms with Gasteiger partial charge in [0.1, 0.15) is 0 Å². The molecular weight excluding hydrogens is 300 g/mol. The van der Waals surface area contributed by atoms with Gasteiger partial charge in [0.2, 0.25) is 0 Å². The summed E-state index contributed by atoms with van der Waals surface area (Å²) in [5, 5.41) is 0. The van der Waals surface area contributed by atoms with Gasteiger partial charge in [0.15, 0.2) is 0 Å². The molecule has 0 rings (SSSR count). The lowest BCUT2D eigenvalue weighted by atomic mass is 9.96. The first kappa shape index (κ1) is 23.4. The molecule has 0 aromatic heterocycles. The van der Waals surface area contributed by atoms with Crippen LogP contribution < -0.4 is 0 Å². The zero-order chi connectivity index (χ0) is 18.8. The highest BCUT2D eigenvalue weighted by Crippen LogP contribution is 2.21. The van der Waals surface area contributed by atoms with E-state index >= 15 is 0 Å². The molecule has 0 aliphatic heterocycles. The zero-order valence-electron chi connectivity index (χ0n) is 17.5. The number of esters is 1. The number of carbonyl (C=O) groups is 1. The van der Waals surface area contributed by atoms with E-state index in [0.717, 1.165) is 25.7 Å². The molecule has 144 valence electrons. The third-order valence-electron chi connectivity index (χ3n) is 4.25. The highest BCUT2D eigenvalue weighted by Gasteiger charge is 2.24. The molecule has 3 heteroatoms. The summed E-state index contributed by atoms with van der Waals surface area (Å²) in [6, 6.07) is 0. The Bertz CT molecular complexity index is 336. The van der Waals surface area contributed by atoms with Crippen LogP contribution >= 0.6 is 0 Å². The fourth-order valence-electron chi connectivity index (χ4n) is 2.64. The number of hydrogen-bond donors (Lipinski definition) is 0. The molecule has 3 nitrogen and oxygen atoms in total. The molecule has 0 bridgehead atoms. The minimum atomic E-state index is -0.402. The predicted molar refractivity (Wildman–Crippen MR) is 102 cm³/mol. The van der Waals surface area contributed by atoms with Crippen LogP contribution in [-0.4, -0.2) is 24.3 Å². The van der Waals surface area contributed by atoms with Crippen LogP contribution in [0.25, 0.3) is 0 Å². The van der Waals surface area contributed by atoms with Gasteiger partial charge in [-0.05, 0) is 66.7 Å². The van der Waals surface area contributed by atoms with Crippen LogP contribution in [0.3, 0.4) is 0 Å². The van der Waals surface area contributed by atoms with Crippen molar-refractivity contribution in [1.29, 1.82) is 0 Å². The van der Waals surface area contributed by atoms with Crippen molar-refractivity contribution in [2.75, 3.05) is 6.61 Å². The van der Waals surface area contributed by atoms with Crippen LogP contribution in [0.4, 0.5) is 0 Å². The summed E-state index contributed by atoms with van der Waals surface area (Å²) >= 11 is 0. The smallest absolute Gasteiger partial charge is 0.311 e. The molecule has 2 unspecified atom stereocenters. The summed E-state index contributed by atoms with van der Waals surface area (Å²) in [7, 11) is 0. The highest BCUT2D eigenvalue weighted by atomic mass is 16.5. The quantitative estimate of drug-likeness (QED) is 0.334. The Balaban J connectivity index is 3.93. The third-order valence-corrected chi connectivity index (χ3v) is 4.25. The van der Waals surface area contributed by atoms with E-state index < -0.39 is 5.41 Å². The van der Waals surface area contributed by atoms with Gasteiger partial charge in [-0.25, -0.2) is 0 Å². The van der Waals surface area contributed by atoms with E-state index in [1.54, 1.807) is 0 Å². The maximum absolute atomic E-state index is 11.8.